The van der Waals surface area contributed by atoms with Crippen molar-refractivity contribution in [3.05, 3.63) is 12.3 Å². The highest BCUT2D eigenvalue weighted by atomic mass is 15.3. The zero-order chi connectivity index (χ0) is 14.1. The summed E-state index contributed by atoms with van der Waals surface area (Å²) in [6.07, 6.45) is 9.15. The Labute approximate surface area is 120 Å². The summed E-state index contributed by atoms with van der Waals surface area (Å²) in [5.41, 5.74) is 1.38. The number of hydrogen-bond donors (Lipinski definition) is 0. The molecule has 0 bridgehead atoms. The van der Waals surface area contributed by atoms with E-state index in [9.17, 15) is 0 Å². The third kappa shape index (κ3) is 5.56. The Balaban J connectivity index is 2.23. The molecular weight excluding hydrogens is 232 g/mol. The van der Waals surface area contributed by atoms with Gasteiger partial charge in [-0.1, -0.05) is 46.6 Å². The average Bonchev–Trinajstić information content (AvgIpc) is 2.45. The summed E-state index contributed by atoms with van der Waals surface area (Å²) >= 11 is 0. The molecule has 1 rings (SSSR count). The van der Waals surface area contributed by atoms with Gasteiger partial charge in [-0.2, -0.15) is 0 Å². The van der Waals surface area contributed by atoms with E-state index in [1.54, 1.807) is 0 Å². The van der Waals surface area contributed by atoms with Crippen LogP contribution in [0.4, 0.5) is 0 Å². The van der Waals surface area contributed by atoms with Gasteiger partial charge in [0, 0.05) is 37.9 Å². The van der Waals surface area contributed by atoms with Gasteiger partial charge in [0.15, 0.2) is 0 Å². The van der Waals surface area contributed by atoms with Crippen molar-refractivity contribution in [3.63, 3.8) is 0 Å². The van der Waals surface area contributed by atoms with E-state index < -0.39 is 0 Å². The van der Waals surface area contributed by atoms with Crippen molar-refractivity contribution in [1.82, 2.24) is 9.80 Å². The molecular formula is C17H34N2. The molecule has 0 aromatic heterocycles. The van der Waals surface area contributed by atoms with Crippen LogP contribution in [0.15, 0.2) is 12.3 Å². The van der Waals surface area contributed by atoms with Crippen molar-refractivity contribution in [1.29, 1.82) is 0 Å². The lowest BCUT2D eigenvalue weighted by atomic mass is 10.1. The van der Waals surface area contributed by atoms with Crippen LogP contribution in [0.2, 0.25) is 0 Å². The third-order valence-electron chi connectivity index (χ3n) is 4.54. The quantitative estimate of drug-likeness (QED) is 0.575. The van der Waals surface area contributed by atoms with Gasteiger partial charge < -0.3 is 4.90 Å². The van der Waals surface area contributed by atoms with Gasteiger partial charge in [0.05, 0.1) is 0 Å². The molecule has 0 unspecified atom stereocenters. The maximum Gasteiger partial charge on any atom is 0.0303 e. The second kappa shape index (κ2) is 9.41. The SMILES string of the molecule is C=C(CCCCCC)N1CCN(C(CC)CC)CC1. The van der Waals surface area contributed by atoms with Crippen LogP contribution >= 0.6 is 0 Å². The van der Waals surface area contributed by atoms with Crippen molar-refractivity contribution in [2.24, 2.45) is 0 Å². The predicted octanol–water partition coefficient (Wildman–Crippen LogP) is 4.28. The molecule has 0 aromatic rings. The first-order valence-electron chi connectivity index (χ1n) is 8.39. The Morgan fingerprint density at radius 3 is 2.11 bits per heavy atom. The second-order valence-electron chi connectivity index (χ2n) is 5.87. The van der Waals surface area contributed by atoms with E-state index in [0.29, 0.717) is 0 Å². The number of hydrogen-bond acceptors (Lipinski definition) is 2. The zero-order valence-corrected chi connectivity index (χ0v) is 13.5. The van der Waals surface area contributed by atoms with Gasteiger partial charge >= 0.3 is 0 Å². The van der Waals surface area contributed by atoms with E-state index in [-0.39, 0.29) is 0 Å². The Morgan fingerprint density at radius 1 is 0.947 bits per heavy atom. The van der Waals surface area contributed by atoms with Crippen molar-refractivity contribution in [2.45, 2.75) is 71.8 Å². The zero-order valence-electron chi connectivity index (χ0n) is 13.5. The fourth-order valence-corrected chi connectivity index (χ4v) is 3.12. The first-order valence-corrected chi connectivity index (χ1v) is 8.39. The normalized spacial score (nSPS) is 17.2. The van der Waals surface area contributed by atoms with Crippen molar-refractivity contribution < 1.29 is 0 Å². The average molecular weight is 266 g/mol. The van der Waals surface area contributed by atoms with E-state index >= 15 is 0 Å². The molecule has 0 aliphatic carbocycles. The number of allylic oxidation sites excluding steroid dienone is 1. The first kappa shape index (κ1) is 16.6. The standard InChI is InChI=1S/C17H34N2/c1-5-8-9-10-11-16(4)18-12-14-19(15-13-18)17(6-2)7-3/h17H,4-15H2,1-3H3. The van der Waals surface area contributed by atoms with Gasteiger partial charge in [-0.05, 0) is 25.7 Å². The molecule has 0 atom stereocenters. The molecule has 0 spiro atoms. The summed E-state index contributed by atoms with van der Waals surface area (Å²) in [6, 6.07) is 0.792. The predicted molar refractivity (Wildman–Crippen MR) is 85.4 cm³/mol. The molecule has 112 valence electrons. The van der Waals surface area contributed by atoms with Gasteiger partial charge in [0.25, 0.3) is 0 Å². The number of nitrogens with zero attached hydrogens (tertiary/aromatic N) is 2. The van der Waals surface area contributed by atoms with E-state index in [1.165, 1.54) is 76.8 Å². The molecule has 1 aliphatic rings. The van der Waals surface area contributed by atoms with Crippen LogP contribution < -0.4 is 0 Å². The Morgan fingerprint density at radius 2 is 1.58 bits per heavy atom. The summed E-state index contributed by atoms with van der Waals surface area (Å²) in [5.74, 6) is 0. The molecule has 0 saturated carbocycles. The van der Waals surface area contributed by atoms with Crippen LogP contribution in [0.5, 0.6) is 0 Å². The van der Waals surface area contributed by atoms with Crippen LogP contribution in [0.25, 0.3) is 0 Å². The molecule has 0 amide bonds. The first-order chi connectivity index (χ1) is 9.22. The van der Waals surface area contributed by atoms with E-state index in [0.717, 1.165) is 6.04 Å². The maximum atomic E-state index is 4.29. The Hall–Kier alpha value is -0.500. The monoisotopic (exact) mass is 266 g/mol. The Kier molecular flexibility index (Phi) is 8.20. The minimum Gasteiger partial charge on any atom is -0.373 e. The largest absolute Gasteiger partial charge is 0.373 e. The second-order valence-corrected chi connectivity index (χ2v) is 5.87. The fourth-order valence-electron chi connectivity index (χ4n) is 3.12. The fraction of sp³-hybridized carbons (Fsp3) is 0.882. The van der Waals surface area contributed by atoms with Gasteiger partial charge in [-0.25, -0.2) is 0 Å². The molecule has 2 nitrogen and oxygen atoms in total. The van der Waals surface area contributed by atoms with Crippen molar-refractivity contribution in [2.75, 3.05) is 26.2 Å². The Bertz CT molecular complexity index is 238. The molecule has 2 heteroatoms. The third-order valence-corrected chi connectivity index (χ3v) is 4.54. The molecule has 0 N–H and O–H groups in total. The lowest BCUT2D eigenvalue weighted by Gasteiger charge is -2.40. The van der Waals surface area contributed by atoms with Gasteiger partial charge in [0.2, 0.25) is 0 Å². The maximum absolute atomic E-state index is 4.29. The van der Waals surface area contributed by atoms with Crippen LogP contribution in [0.1, 0.15) is 65.7 Å². The molecule has 1 fully saturated rings. The van der Waals surface area contributed by atoms with Crippen LogP contribution in [-0.4, -0.2) is 42.0 Å². The van der Waals surface area contributed by atoms with Gasteiger partial charge in [-0.3, -0.25) is 4.90 Å². The van der Waals surface area contributed by atoms with Crippen molar-refractivity contribution >= 4 is 0 Å². The van der Waals surface area contributed by atoms with Gasteiger partial charge in [0.1, 0.15) is 0 Å². The van der Waals surface area contributed by atoms with Crippen LogP contribution in [-0.2, 0) is 0 Å². The number of unbranched alkanes of at least 4 members (excludes halogenated alkanes) is 3. The molecule has 1 saturated heterocycles. The molecule has 1 heterocycles. The van der Waals surface area contributed by atoms with E-state index in [4.69, 9.17) is 0 Å². The van der Waals surface area contributed by atoms with Crippen LogP contribution in [0.3, 0.4) is 0 Å². The molecule has 0 aromatic carbocycles. The summed E-state index contributed by atoms with van der Waals surface area (Å²) in [7, 11) is 0. The molecule has 1 aliphatic heterocycles. The van der Waals surface area contributed by atoms with Crippen LogP contribution in [0, 0.1) is 0 Å². The summed E-state index contributed by atoms with van der Waals surface area (Å²) < 4.78 is 0. The number of piperazine rings is 1. The van der Waals surface area contributed by atoms with Crippen molar-refractivity contribution in [3.8, 4) is 0 Å². The molecule has 19 heavy (non-hydrogen) atoms. The minimum absolute atomic E-state index is 0.792. The smallest absolute Gasteiger partial charge is 0.0303 e. The highest BCUT2D eigenvalue weighted by Crippen LogP contribution is 2.17. The van der Waals surface area contributed by atoms with Gasteiger partial charge in [-0.15, -0.1) is 0 Å². The lowest BCUT2D eigenvalue weighted by molar-refractivity contribution is 0.108. The summed E-state index contributed by atoms with van der Waals surface area (Å²) in [6.45, 7) is 16.0. The van der Waals surface area contributed by atoms with E-state index in [1.807, 2.05) is 0 Å². The lowest BCUT2D eigenvalue weighted by Crippen LogP contribution is -2.49. The summed E-state index contributed by atoms with van der Waals surface area (Å²) in [4.78, 5) is 5.19. The summed E-state index contributed by atoms with van der Waals surface area (Å²) in [5, 5.41) is 0. The molecule has 0 radical (unpaired) electrons. The topological polar surface area (TPSA) is 6.48 Å². The minimum atomic E-state index is 0.792. The number of rotatable bonds is 9. The highest BCUT2D eigenvalue weighted by Gasteiger charge is 2.21. The van der Waals surface area contributed by atoms with E-state index in [2.05, 4.69) is 37.1 Å². The highest BCUT2D eigenvalue weighted by molar-refractivity contribution is 4.96.